The molecule has 4 rings (SSSR count). The Balaban J connectivity index is 1.44. The summed E-state index contributed by atoms with van der Waals surface area (Å²) in [7, 11) is 0. The van der Waals surface area contributed by atoms with Crippen molar-refractivity contribution in [2.24, 2.45) is 0 Å². The number of anilines is 1. The third-order valence-corrected chi connectivity index (χ3v) is 5.52. The van der Waals surface area contributed by atoms with Gasteiger partial charge in [-0.25, -0.2) is 4.79 Å². The molecular weight excluding hydrogens is 392 g/mol. The molecule has 7 heteroatoms. The van der Waals surface area contributed by atoms with E-state index >= 15 is 0 Å². The molecule has 3 aromatic rings. The Kier molecular flexibility index (Phi) is 5.27. The number of H-pyrrole nitrogens is 1. The number of aromatic nitrogens is 1. The second-order valence-corrected chi connectivity index (χ2v) is 8.83. The quantitative estimate of drug-likeness (QED) is 0.553. The first kappa shape index (κ1) is 20.7. The fourth-order valence-corrected chi connectivity index (χ4v) is 3.96. The molecule has 160 valence electrons. The number of nitrogens with one attached hydrogen (secondary N) is 3. The fraction of sp³-hybridized carbons (Fsp3) is 0.292. The van der Waals surface area contributed by atoms with E-state index in [0.29, 0.717) is 12.1 Å². The second-order valence-electron chi connectivity index (χ2n) is 8.83. The Morgan fingerprint density at radius 3 is 2.55 bits per heavy atom. The second kappa shape index (κ2) is 7.91. The molecule has 31 heavy (non-hydrogen) atoms. The Morgan fingerprint density at radius 2 is 1.77 bits per heavy atom. The molecule has 0 bridgehead atoms. The van der Waals surface area contributed by atoms with Gasteiger partial charge in [-0.2, -0.15) is 0 Å². The van der Waals surface area contributed by atoms with E-state index in [-0.39, 0.29) is 12.0 Å². The minimum atomic E-state index is -0.693. The van der Waals surface area contributed by atoms with Gasteiger partial charge in [0.15, 0.2) is 0 Å². The minimum absolute atomic E-state index is 0.158. The molecule has 2 heterocycles. The number of hydrogen-bond acceptors (Lipinski definition) is 3. The van der Waals surface area contributed by atoms with Crippen molar-refractivity contribution in [3.05, 3.63) is 65.9 Å². The molecule has 3 N–H and O–H groups in total. The monoisotopic (exact) mass is 418 g/mol. The maximum absolute atomic E-state index is 12.8. The first-order valence-corrected chi connectivity index (χ1v) is 10.3. The van der Waals surface area contributed by atoms with Gasteiger partial charge in [0.2, 0.25) is 5.91 Å². The van der Waals surface area contributed by atoms with E-state index in [2.05, 4.69) is 36.4 Å². The Bertz CT molecular complexity index is 1160. The third-order valence-electron chi connectivity index (χ3n) is 5.52. The molecule has 1 atom stereocenters. The molecule has 0 unspecified atom stereocenters. The highest BCUT2D eigenvalue weighted by Crippen LogP contribution is 2.29. The zero-order valence-corrected chi connectivity index (χ0v) is 17.9. The van der Waals surface area contributed by atoms with Gasteiger partial charge in [0, 0.05) is 29.2 Å². The number of carbonyl (C=O) groups is 3. The highest BCUT2D eigenvalue weighted by molar-refractivity contribution is 6.08. The van der Waals surface area contributed by atoms with Crippen LogP contribution in [0.2, 0.25) is 0 Å². The Hall–Kier alpha value is -3.61. The molecule has 4 amide bonds. The van der Waals surface area contributed by atoms with Crippen LogP contribution in [0, 0.1) is 0 Å². The number of para-hydroxylation sites is 2. The fourth-order valence-electron chi connectivity index (χ4n) is 3.96. The molecule has 1 aliphatic rings. The molecular formula is C24H26N4O3. The summed E-state index contributed by atoms with van der Waals surface area (Å²) in [5.74, 6) is -0.803. The van der Waals surface area contributed by atoms with Crippen molar-refractivity contribution in [3.8, 4) is 0 Å². The summed E-state index contributed by atoms with van der Waals surface area (Å²) < 4.78 is 0. The standard InChI is InChI=1S/C24H26N4O3/c1-24(2,3)17-9-5-7-11-19(17)26-21(29)14-28-22(30)20(27-23(28)31)12-15-13-25-18-10-6-4-8-16(15)18/h4-11,13,20,25H,12,14H2,1-3H3,(H,26,29)(H,27,31)/t20-/m0/s1. The number of carbonyl (C=O) groups excluding carboxylic acids is 3. The van der Waals surface area contributed by atoms with Crippen molar-refractivity contribution >= 4 is 34.4 Å². The third kappa shape index (κ3) is 4.17. The molecule has 7 nitrogen and oxygen atoms in total. The van der Waals surface area contributed by atoms with E-state index in [9.17, 15) is 14.4 Å². The van der Waals surface area contributed by atoms with E-state index < -0.39 is 23.9 Å². The van der Waals surface area contributed by atoms with E-state index in [4.69, 9.17) is 0 Å². The van der Waals surface area contributed by atoms with Crippen LogP contribution in [0.15, 0.2) is 54.7 Å². The number of fused-ring (bicyclic) bond motifs is 1. The lowest BCUT2D eigenvalue weighted by molar-refractivity contribution is -0.130. The van der Waals surface area contributed by atoms with Crippen LogP contribution in [0.4, 0.5) is 10.5 Å². The molecule has 1 aliphatic heterocycles. The van der Waals surface area contributed by atoms with Crippen molar-refractivity contribution in [1.29, 1.82) is 0 Å². The SMILES string of the molecule is CC(C)(C)c1ccccc1NC(=O)CN1C(=O)N[C@@H](Cc2c[nH]c3ccccc23)C1=O. The number of nitrogens with zero attached hydrogens (tertiary/aromatic N) is 1. The Labute approximate surface area is 180 Å². The van der Waals surface area contributed by atoms with Crippen LogP contribution in [0.25, 0.3) is 10.9 Å². The zero-order valence-electron chi connectivity index (χ0n) is 17.9. The van der Waals surface area contributed by atoms with Crippen molar-refractivity contribution in [2.75, 3.05) is 11.9 Å². The maximum atomic E-state index is 12.8. The van der Waals surface area contributed by atoms with Crippen molar-refractivity contribution in [3.63, 3.8) is 0 Å². The van der Waals surface area contributed by atoms with E-state index in [1.807, 2.05) is 54.7 Å². The van der Waals surface area contributed by atoms with Crippen LogP contribution in [-0.2, 0) is 21.4 Å². The predicted molar refractivity (Wildman–Crippen MR) is 120 cm³/mol. The van der Waals surface area contributed by atoms with Gasteiger partial charge in [0.1, 0.15) is 12.6 Å². The van der Waals surface area contributed by atoms with Crippen LogP contribution in [0.3, 0.4) is 0 Å². The Morgan fingerprint density at radius 1 is 1.06 bits per heavy atom. The molecule has 0 radical (unpaired) electrons. The topological polar surface area (TPSA) is 94.3 Å². The van der Waals surface area contributed by atoms with Crippen LogP contribution in [0.1, 0.15) is 31.9 Å². The maximum Gasteiger partial charge on any atom is 0.325 e. The summed E-state index contributed by atoms with van der Waals surface area (Å²) in [4.78, 5) is 42.1. The highest BCUT2D eigenvalue weighted by Gasteiger charge is 2.39. The summed E-state index contributed by atoms with van der Waals surface area (Å²) in [5.41, 5.74) is 3.43. The van der Waals surface area contributed by atoms with Gasteiger partial charge >= 0.3 is 6.03 Å². The van der Waals surface area contributed by atoms with E-state index in [1.54, 1.807) is 0 Å². The molecule has 1 saturated heterocycles. The van der Waals surface area contributed by atoms with E-state index in [0.717, 1.165) is 26.9 Å². The number of imide groups is 1. The van der Waals surface area contributed by atoms with Crippen LogP contribution in [0.5, 0.6) is 0 Å². The molecule has 1 fully saturated rings. The smallest absolute Gasteiger partial charge is 0.325 e. The number of aromatic amines is 1. The summed E-state index contributed by atoms with van der Waals surface area (Å²) in [5, 5.41) is 6.57. The van der Waals surface area contributed by atoms with Gasteiger partial charge in [0.05, 0.1) is 0 Å². The normalized spacial score (nSPS) is 16.6. The lowest BCUT2D eigenvalue weighted by Gasteiger charge is -2.23. The van der Waals surface area contributed by atoms with Gasteiger partial charge < -0.3 is 15.6 Å². The minimum Gasteiger partial charge on any atom is -0.361 e. The molecule has 1 aromatic heterocycles. The first-order valence-electron chi connectivity index (χ1n) is 10.3. The van der Waals surface area contributed by atoms with Gasteiger partial charge in [-0.05, 0) is 28.7 Å². The van der Waals surface area contributed by atoms with Crippen LogP contribution in [-0.4, -0.2) is 40.3 Å². The largest absolute Gasteiger partial charge is 0.361 e. The van der Waals surface area contributed by atoms with Crippen LogP contribution >= 0.6 is 0 Å². The van der Waals surface area contributed by atoms with Gasteiger partial charge in [-0.1, -0.05) is 57.2 Å². The van der Waals surface area contributed by atoms with E-state index in [1.165, 1.54) is 0 Å². The van der Waals surface area contributed by atoms with Crippen LogP contribution < -0.4 is 10.6 Å². The average molecular weight is 418 g/mol. The van der Waals surface area contributed by atoms with Gasteiger partial charge in [-0.3, -0.25) is 14.5 Å². The molecule has 0 aliphatic carbocycles. The molecule has 0 spiro atoms. The zero-order chi connectivity index (χ0) is 22.2. The molecule has 0 saturated carbocycles. The van der Waals surface area contributed by atoms with Crippen molar-refractivity contribution < 1.29 is 14.4 Å². The summed E-state index contributed by atoms with van der Waals surface area (Å²) >= 11 is 0. The summed E-state index contributed by atoms with van der Waals surface area (Å²) in [6.07, 6.45) is 2.21. The van der Waals surface area contributed by atoms with Crippen molar-refractivity contribution in [2.45, 2.75) is 38.6 Å². The van der Waals surface area contributed by atoms with Crippen molar-refractivity contribution in [1.82, 2.24) is 15.2 Å². The molecule has 2 aromatic carbocycles. The lowest BCUT2D eigenvalue weighted by Crippen LogP contribution is -2.38. The summed E-state index contributed by atoms with van der Waals surface area (Å²) in [6.45, 7) is 5.85. The summed E-state index contributed by atoms with van der Waals surface area (Å²) in [6, 6.07) is 14.1. The number of urea groups is 1. The highest BCUT2D eigenvalue weighted by atomic mass is 16.2. The van der Waals surface area contributed by atoms with Gasteiger partial charge in [0.25, 0.3) is 5.91 Å². The number of hydrogen-bond donors (Lipinski definition) is 3. The predicted octanol–water partition coefficient (Wildman–Crippen LogP) is 3.57. The first-order chi connectivity index (χ1) is 14.7. The number of amides is 4. The van der Waals surface area contributed by atoms with Gasteiger partial charge in [-0.15, -0.1) is 0 Å². The number of rotatable bonds is 5. The number of benzene rings is 2. The lowest BCUT2D eigenvalue weighted by atomic mass is 9.86. The average Bonchev–Trinajstić information content (AvgIpc) is 3.24.